The van der Waals surface area contributed by atoms with E-state index in [1.54, 1.807) is 18.0 Å². The van der Waals surface area contributed by atoms with Gasteiger partial charge in [-0.15, -0.1) is 5.10 Å². The number of hydrogen-bond donors (Lipinski definition) is 1. The molecule has 0 radical (unpaired) electrons. The van der Waals surface area contributed by atoms with E-state index in [1.165, 1.54) is 0 Å². The van der Waals surface area contributed by atoms with Crippen molar-refractivity contribution < 1.29 is 4.74 Å². The first-order valence-electron chi connectivity index (χ1n) is 5.42. The lowest BCUT2D eigenvalue weighted by Gasteiger charge is -2.22. The Morgan fingerprint density at radius 3 is 2.53 bits per heavy atom. The molecule has 0 aliphatic carbocycles. The summed E-state index contributed by atoms with van der Waals surface area (Å²) in [5, 5.41) is 7.71. The predicted octanol–water partition coefficient (Wildman–Crippen LogP) is 1.20. The molecule has 2 rings (SSSR count). The molecule has 0 bridgehead atoms. The van der Waals surface area contributed by atoms with Crippen LogP contribution in [0.25, 0.3) is 0 Å². The molecular weight excluding hydrogens is 216 g/mol. The summed E-state index contributed by atoms with van der Waals surface area (Å²) in [6.07, 6.45) is 1.47. The van der Waals surface area contributed by atoms with Gasteiger partial charge in [0.1, 0.15) is 6.10 Å². The second kappa shape index (κ2) is 5.07. The van der Waals surface area contributed by atoms with Gasteiger partial charge in [0.25, 0.3) is 0 Å². The van der Waals surface area contributed by atoms with Gasteiger partial charge < -0.3 is 10.5 Å². The number of nitrogens with two attached hydrogens (primary N) is 1. The minimum absolute atomic E-state index is 0.201. The summed E-state index contributed by atoms with van der Waals surface area (Å²) in [4.78, 5) is 0. The van der Waals surface area contributed by atoms with E-state index in [2.05, 4.69) is 10.3 Å². The van der Waals surface area contributed by atoms with Crippen molar-refractivity contribution >= 4 is 0 Å². The Kier molecular flexibility index (Phi) is 3.51. The molecule has 1 aromatic carbocycles. The average Bonchev–Trinajstić information content (AvgIpc) is 2.77. The molecule has 0 saturated heterocycles. The van der Waals surface area contributed by atoms with Crippen LogP contribution in [0.3, 0.4) is 0 Å². The van der Waals surface area contributed by atoms with Crippen LogP contribution in [0.5, 0.6) is 0 Å². The highest BCUT2D eigenvalue weighted by Crippen LogP contribution is 2.28. The Morgan fingerprint density at radius 2 is 2.00 bits per heavy atom. The van der Waals surface area contributed by atoms with Crippen molar-refractivity contribution in [3.05, 3.63) is 47.8 Å². The largest absolute Gasteiger partial charge is 0.375 e. The van der Waals surface area contributed by atoms with Gasteiger partial charge in [-0.3, -0.25) is 4.68 Å². The molecular formula is C12H16N4O. The topological polar surface area (TPSA) is 66.0 Å². The van der Waals surface area contributed by atoms with Crippen molar-refractivity contribution in [1.82, 2.24) is 15.0 Å². The van der Waals surface area contributed by atoms with Gasteiger partial charge in [0, 0.05) is 14.2 Å². The van der Waals surface area contributed by atoms with Crippen LogP contribution in [0.15, 0.2) is 36.5 Å². The fourth-order valence-corrected chi connectivity index (χ4v) is 1.89. The van der Waals surface area contributed by atoms with E-state index < -0.39 is 0 Å². The van der Waals surface area contributed by atoms with Crippen LogP contribution in [-0.2, 0) is 11.8 Å². The van der Waals surface area contributed by atoms with Crippen LogP contribution in [-0.4, -0.2) is 22.1 Å². The van der Waals surface area contributed by atoms with Gasteiger partial charge >= 0.3 is 0 Å². The number of methoxy groups -OCH3 is 1. The third-order valence-electron chi connectivity index (χ3n) is 2.80. The maximum atomic E-state index is 6.20. The SMILES string of the molecule is COC(c1ccccc1)C(N)c1cnnn1C. The van der Waals surface area contributed by atoms with E-state index in [4.69, 9.17) is 10.5 Å². The first-order chi connectivity index (χ1) is 8.24. The van der Waals surface area contributed by atoms with Crippen LogP contribution in [0.4, 0.5) is 0 Å². The molecule has 1 heterocycles. The summed E-state index contributed by atoms with van der Waals surface area (Å²) in [6.45, 7) is 0. The highest BCUT2D eigenvalue weighted by Gasteiger charge is 2.23. The van der Waals surface area contributed by atoms with Crippen molar-refractivity contribution in [1.29, 1.82) is 0 Å². The molecule has 5 heteroatoms. The number of rotatable bonds is 4. The lowest BCUT2D eigenvalue weighted by molar-refractivity contribution is 0.0778. The first kappa shape index (κ1) is 11.8. The molecule has 0 aliphatic rings. The molecule has 0 fully saturated rings. The van der Waals surface area contributed by atoms with Crippen LogP contribution < -0.4 is 5.73 Å². The number of ether oxygens (including phenoxy) is 1. The van der Waals surface area contributed by atoms with E-state index >= 15 is 0 Å². The Labute approximate surface area is 100 Å². The molecule has 2 aromatic rings. The molecule has 2 unspecified atom stereocenters. The van der Waals surface area contributed by atoms with Crippen molar-refractivity contribution in [3.63, 3.8) is 0 Å². The van der Waals surface area contributed by atoms with E-state index in [1.807, 2.05) is 37.4 Å². The van der Waals surface area contributed by atoms with Crippen LogP contribution in [0, 0.1) is 0 Å². The van der Waals surface area contributed by atoms with Gasteiger partial charge in [0.15, 0.2) is 0 Å². The fraction of sp³-hybridized carbons (Fsp3) is 0.333. The quantitative estimate of drug-likeness (QED) is 0.860. The summed E-state index contributed by atoms with van der Waals surface area (Å²) in [6, 6.07) is 9.61. The third-order valence-corrected chi connectivity index (χ3v) is 2.80. The zero-order valence-electron chi connectivity index (χ0n) is 9.95. The zero-order chi connectivity index (χ0) is 12.3. The van der Waals surface area contributed by atoms with E-state index in [9.17, 15) is 0 Å². The number of benzene rings is 1. The smallest absolute Gasteiger partial charge is 0.103 e. The molecule has 0 aliphatic heterocycles. The fourth-order valence-electron chi connectivity index (χ4n) is 1.89. The Hall–Kier alpha value is -1.72. The van der Waals surface area contributed by atoms with E-state index in [0.717, 1.165) is 11.3 Å². The Morgan fingerprint density at radius 1 is 1.29 bits per heavy atom. The summed E-state index contributed by atoms with van der Waals surface area (Å²) >= 11 is 0. The molecule has 17 heavy (non-hydrogen) atoms. The minimum atomic E-state index is -0.289. The lowest BCUT2D eigenvalue weighted by Crippen LogP contribution is -2.23. The van der Waals surface area contributed by atoms with Gasteiger partial charge in [-0.05, 0) is 5.56 Å². The minimum Gasteiger partial charge on any atom is -0.375 e. The number of nitrogens with zero attached hydrogens (tertiary/aromatic N) is 3. The summed E-state index contributed by atoms with van der Waals surface area (Å²) < 4.78 is 7.15. The predicted molar refractivity (Wildman–Crippen MR) is 64.1 cm³/mol. The second-order valence-electron chi connectivity index (χ2n) is 3.88. The highest BCUT2D eigenvalue weighted by atomic mass is 16.5. The molecule has 90 valence electrons. The zero-order valence-corrected chi connectivity index (χ0v) is 9.95. The number of hydrogen-bond acceptors (Lipinski definition) is 4. The number of aromatic nitrogens is 3. The van der Waals surface area contributed by atoms with Crippen molar-refractivity contribution in [2.24, 2.45) is 12.8 Å². The maximum Gasteiger partial charge on any atom is 0.103 e. The second-order valence-corrected chi connectivity index (χ2v) is 3.88. The lowest BCUT2D eigenvalue weighted by atomic mass is 10.0. The van der Waals surface area contributed by atoms with Crippen molar-refractivity contribution in [3.8, 4) is 0 Å². The normalized spacial score (nSPS) is 14.5. The van der Waals surface area contributed by atoms with E-state index in [0.29, 0.717) is 0 Å². The molecule has 0 amide bonds. The monoisotopic (exact) mass is 232 g/mol. The molecule has 2 N–H and O–H groups in total. The summed E-state index contributed by atoms with van der Waals surface area (Å²) in [5.74, 6) is 0. The average molecular weight is 232 g/mol. The molecule has 2 atom stereocenters. The number of aryl methyl sites for hydroxylation is 1. The standard InChI is InChI=1S/C12H16N4O/c1-16-10(8-14-15-16)11(13)12(17-2)9-6-4-3-5-7-9/h3-8,11-12H,13H2,1-2H3. The van der Waals surface area contributed by atoms with Crippen LogP contribution in [0.2, 0.25) is 0 Å². The molecule has 0 spiro atoms. The Bertz CT molecular complexity index is 468. The molecule has 5 nitrogen and oxygen atoms in total. The van der Waals surface area contributed by atoms with Crippen LogP contribution >= 0.6 is 0 Å². The van der Waals surface area contributed by atoms with Gasteiger partial charge in [0.05, 0.1) is 17.9 Å². The van der Waals surface area contributed by atoms with Gasteiger partial charge in [-0.25, -0.2) is 0 Å². The third kappa shape index (κ3) is 2.35. The highest BCUT2D eigenvalue weighted by molar-refractivity contribution is 5.21. The molecule has 0 saturated carbocycles. The van der Waals surface area contributed by atoms with Crippen molar-refractivity contribution in [2.75, 3.05) is 7.11 Å². The summed E-state index contributed by atoms with van der Waals surface area (Å²) in [7, 11) is 3.47. The summed E-state index contributed by atoms with van der Waals surface area (Å²) in [5.41, 5.74) is 8.09. The van der Waals surface area contributed by atoms with E-state index in [-0.39, 0.29) is 12.1 Å². The van der Waals surface area contributed by atoms with Gasteiger partial charge in [-0.2, -0.15) is 0 Å². The van der Waals surface area contributed by atoms with Gasteiger partial charge in [0.2, 0.25) is 0 Å². The first-order valence-corrected chi connectivity index (χ1v) is 5.42. The van der Waals surface area contributed by atoms with Crippen molar-refractivity contribution in [2.45, 2.75) is 12.1 Å². The van der Waals surface area contributed by atoms with Crippen LogP contribution in [0.1, 0.15) is 23.4 Å². The maximum absolute atomic E-state index is 6.20. The molecule has 1 aromatic heterocycles. The Balaban J connectivity index is 2.28. The van der Waals surface area contributed by atoms with Gasteiger partial charge in [-0.1, -0.05) is 35.5 Å².